The first kappa shape index (κ1) is 13.9. The number of piperazine rings is 1. The Morgan fingerprint density at radius 3 is 2.90 bits per heavy atom. The highest BCUT2D eigenvalue weighted by Gasteiger charge is 2.19. The molecular formula is C14H19N5OS. The summed E-state index contributed by atoms with van der Waals surface area (Å²) < 4.78 is 5.28. The molecule has 2 aromatic rings. The Kier molecular flexibility index (Phi) is 4.40. The van der Waals surface area contributed by atoms with Crippen LogP contribution in [0.15, 0.2) is 39.4 Å². The molecule has 0 spiro atoms. The molecule has 1 fully saturated rings. The molecule has 0 aromatic carbocycles. The summed E-state index contributed by atoms with van der Waals surface area (Å²) in [5.74, 6) is 1.57. The summed E-state index contributed by atoms with van der Waals surface area (Å²) in [7, 11) is 0. The highest BCUT2D eigenvalue weighted by Crippen LogP contribution is 2.18. The highest BCUT2D eigenvalue weighted by atomic mass is 32.1. The van der Waals surface area contributed by atoms with Gasteiger partial charge in [-0.15, -0.1) is 11.3 Å². The first-order chi connectivity index (χ1) is 10.3. The van der Waals surface area contributed by atoms with Gasteiger partial charge in [0.25, 0.3) is 0 Å². The molecule has 0 bridgehead atoms. The lowest BCUT2D eigenvalue weighted by Crippen LogP contribution is -2.51. The predicted octanol–water partition coefficient (Wildman–Crippen LogP) is 1.42. The smallest absolute Gasteiger partial charge is 0.191 e. The number of nitrogens with zero attached hydrogens (tertiary/aromatic N) is 4. The second-order valence-corrected chi connectivity index (χ2v) is 5.73. The lowest BCUT2D eigenvalue weighted by molar-refractivity contribution is 0.380. The van der Waals surface area contributed by atoms with Crippen LogP contribution < -0.4 is 10.6 Å². The van der Waals surface area contributed by atoms with Crippen molar-refractivity contribution < 1.29 is 4.42 Å². The van der Waals surface area contributed by atoms with Gasteiger partial charge in [0.1, 0.15) is 5.76 Å². The number of aliphatic imine (C=N–C) groups is 1. The zero-order valence-electron chi connectivity index (χ0n) is 11.8. The van der Waals surface area contributed by atoms with Crippen LogP contribution in [0.3, 0.4) is 0 Å². The average molecular weight is 305 g/mol. The molecule has 0 aliphatic carbocycles. The average Bonchev–Trinajstić information content (AvgIpc) is 3.21. The van der Waals surface area contributed by atoms with E-state index < -0.39 is 0 Å². The number of aromatic nitrogens is 1. The fourth-order valence-corrected chi connectivity index (χ4v) is 3.03. The summed E-state index contributed by atoms with van der Waals surface area (Å²) in [6, 6.07) is 3.85. The number of guanidine groups is 1. The number of hydrogen-bond donors (Lipinski definition) is 1. The minimum Gasteiger partial charge on any atom is -0.469 e. The van der Waals surface area contributed by atoms with Crippen LogP contribution in [-0.4, -0.2) is 48.6 Å². The van der Waals surface area contributed by atoms with Crippen molar-refractivity contribution in [2.75, 3.05) is 37.6 Å². The second kappa shape index (κ2) is 6.62. The molecule has 2 aromatic heterocycles. The van der Waals surface area contributed by atoms with Crippen LogP contribution in [0.25, 0.3) is 0 Å². The Balaban J connectivity index is 1.47. The molecule has 0 atom stereocenters. The fourth-order valence-electron chi connectivity index (χ4n) is 2.33. The third kappa shape index (κ3) is 3.55. The molecule has 0 saturated carbocycles. The highest BCUT2D eigenvalue weighted by molar-refractivity contribution is 7.13. The second-order valence-electron chi connectivity index (χ2n) is 4.86. The van der Waals surface area contributed by atoms with E-state index in [9.17, 15) is 0 Å². The summed E-state index contributed by atoms with van der Waals surface area (Å²) in [5, 5.41) is 3.09. The first-order valence-corrected chi connectivity index (χ1v) is 7.92. The zero-order valence-corrected chi connectivity index (χ0v) is 12.6. The number of hydrogen-bond acceptors (Lipinski definition) is 5. The minimum absolute atomic E-state index is 0.625. The largest absolute Gasteiger partial charge is 0.469 e. The third-order valence-corrected chi connectivity index (χ3v) is 4.34. The molecule has 0 amide bonds. The van der Waals surface area contributed by atoms with E-state index in [1.165, 1.54) is 0 Å². The Hall–Kier alpha value is -2.02. The number of furan rings is 1. The molecule has 1 saturated heterocycles. The fraction of sp³-hybridized carbons (Fsp3) is 0.429. The SMILES string of the molecule is NC(=NCCc1ccco1)N1CCN(c2nccs2)CC1. The van der Waals surface area contributed by atoms with Crippen LogP contribution in [0.2, 0.25) is 0 Å². The molecule has 0 radical (unpaired) electrons. The lowest BCUT2D eigenvalue weighted by atomic mass is 10.3. The quantitative estimate of drug-likeness (QED) is 0.683. The minimum atomic E-state index is 0.625. The maximum atomic E-state index is 6.07. The van der Waals surface area contributed by atoms with Gasteiger partial charge in [0.05, 0.1) is 6.26 Å². The van der Waals surface area contributed by atoms with Crippen molar-refractivity contribution in [3.8, 4) is 0 Å². The number of anilines is 1. The van der Waals surface area contributed by atoms with Crippen molar-refractivity contribution in [2.24, 2.45) is 10.7 Å². The van der Waals surface area contributed by atoms with Crippen LogP contribution >= 0.6 is 11.3 Å². The Morgan fingerprint density at radius 1 is 1.38 bits per heavy atom. The van der Waals surface area contributed by atoms with E-state index >= 15 is 0 Å². The molecular weight excluding hydrogens is 286 g/mol. The van der Waals surface area contributed by atoms with E-state index in [-0.39, 0.29) is 0 Å². The number of thiazole rings is 1. The Bertz CT molecular complexity index is 558. The standard InChI is InChI=1S/C14H19N5OS/c15-13(16-4-3-12-2-1-10-20-12)18-6-8-19(9-7-18)14-17-5-11-21-14/h1-2,5,10-11H,3-4,6-9H2,(H2,15,16). The Labute approximate surface area is 127 Å². The first-order valence-electron chi connectivity index (χ1n) is 7.04. The van der Waals surface area contributed by atoms with Gasteiger partial charge in [0.2, 0.25) is 0 Å². The molecule has 2 N–H and O–H groups in total. The van der Waals surface area contributed by atoms with E-state index in [0.29, 0.717) is 12.5 Å². The number of nitrogens with two attached hydrogens (primary N) is 1. The van der Waals surface area contributed by atoms with E-state index in [4.69, 9.17) is 10.2 Å². The van der Waals surface area contributed by atoms with Crippen LogP contribution in [-0.2, 0) is 6.42 Å². The lowest BCUT2D eigenvalue weighted by Gasteiger charge is -2.35. The monoisotopic (exact) mass is 305 g/mol. The van der Waals surface area contributed by atoms with Gasteiger partial charge in [0.15, 0.2) is 11.1 Å². The third-order valence-electron chi connectivity index (χ3n) is 3.51. The van der Waals surface area contributed by atoms with E-state index in [2.05, 4.69) is 19.8 Å². The number of rotatable bonds is 4. The summed E-state index contributed by atoms with van der Waals surface area (Å²) in [6.07, 6.45) is 4.31. The van der Waals surface area contributed by atoms with Crippen molar-refractivity contribution in [3.63, 3.8) is 0 Å². The van der Waals surface area contributed by atoms with Crippen molar-refractivity contribution in [1.29, 1.82) is 0 Å². The zero-order chi connectivity index (χ0) is 14.5. The van der Waals surface area contributed by atoms with Gasteiger partial charge < -0.3 is 20.0 Å². The summed E-state index contributed by atoms with van der Waals surface area (Å²) in [6.45, 7) is 4.29. The van der Waals surface area contributed by atoms with Gasteiger partial charge in [-0.05, 0) is 12.1 Å². The summed E-state index contributed by atoms with van der Waals surface area (Å²) in [5.41, 5.74) is 6.07. The van der Waals surface area contributed by atoms with Crippen LogP contribution in [0.5, 0.6) is 0 Å². The van der Waals surface area contributed by atoms with Crippen LogP contribution in [0, 0.1) is 0 Å². The normalized spacial score (nSPS) is 16.5. The van der Waals surface area contributed by atoms with Gasteiger partial charge in [-0.3, -0.25) is 4.99 Å². The topological polar surface area (TPSA) is 70.9 Å². The van der Waals surface area contributed by atoms with Crippen molar-refractivity contribution in [1.82, 2.24) is 9.88 Å². The maximum Gasteiger partial charge on any atom is 0.191 e. The molecule has 112 valence electrons. The summed E-state index contributed by atoms with van der Waals surface area (Å²) in [4.78, 5) is 13.2. The van der Waals surface area contributed by atoms with Crippen molar-refractivity contribution >= 4 is 22.4 Å². The molecule has 6 nitrogen and oxygen atoms in total. The molecule has 7 heteroatoms. The van der Waals surface area contributed by atoms with Gasteiger partial charge in [0, 0.05) is 50.7 Å². The van der Waals surface area contributed by atoms with E-state index in [1.54, 1.807) is 17.6 Å². The van der Waals surface area contributed by atoms with Crippen molar-refractivity contribution in [3.05, 3.63) is 35.7 Å². The van der Waals surface area contributed by atoms with Crippen LogP contribution in [0.4, 0.5) is 5.13 Å². The molecule has 21 heavy (non-hydrogen) atoms. The maximum absolute atomic E-state index is 6.07. The van der Waals surface area contributed by atoms with Gasteiger partial charge >= 0.3 is 0 Å². The molecule has 1 aliphatic rings. The molecule has 3 rings (SSSR count). The van der Waals surface area contributed by atoms with Gasteiger partial charge in [-0.25, -0.2) is 4.98 Å². The van der Waals surface area contributed by atoms with E-state index in [1.807, 2.05) is 23.7 Å². The van der Waals surface area contributed by atoms with Gasteiger partial charge in [-0.2, -0.15) is 0 Å². The van der Waals surface area contributed by atoms with Crippen LogP contribution in [0.1, 0.15) is 5.76 Å². The predicted molar refractivity (Wildman–Crippen MR) is 84.8 cm³/mol. The molecule has 0 unspecified atom stereocenters. The molecule has 1 aliphatic heterocycles. The van der Waals surface area contributed by atoms with Crippen molar-refractivity contribution in [2.45, 2.75) is 6.42 Å². The molecule has 3 heterocycles. The van der Waals surface area contributed by atoms with Gasteiger partial charge in [-0.1, -0.05) is 0 Å². The Morgan fingerprint density at radius 2 is 2.24 bits per heavy atom. The van der Waals surface area contributed by atoms with E-state index in [0.717, 1.165) is 43.5 Å². The summed E-state index contributed by atoms with van der Waals surface area (Å²) >= 11 is 1.68.